The molecule has 0 bridgehead atoms. The molecule has 4 nitrogen and oxygen atoms in total. The van der Waals surface area contributed by atoms with Gasteiger partial charge in [0.1, 0.15) is 0 Å². The number of pyridine rings is 1. The van der Waals surface area contributed by atoms with Crippen LogP contribution < -0.4 is 10.6 Å². The van der Waals surface area contributed by atoms with E-state index in [2.05, 4.69) is 14.9 Å². The monoisotopic (exact) mass is 234 g/mol. The van der Waals surface area contributed by atoms with Gasteiger partial charge in [0.2, 0.25) is 0 Å². The van der Waals surface area contributed by atoms with Crippen molar-refractivity contribution in [1.29, 1.82) is 0 Å². The number of nitrogens with zero attached hydrogens (tertiary/aromatic N) is 3. The van der Waals surface area contributed by atoms with E-state index in [4.69, 9.17) is 5.73 Å². The van der Waals surface area contributed by atoms with Gasteiger partial charge in [-0.25, -0.2) is 4.98 Å². The van der Waals surface area contributed by atoms with Crippen molar-refractivity contribution < 1.29 is 0 Å². The highest BCUT2D eigenvalue weighted by atomic mass is 32.1. The molecule has 0 spiro atoms. The van der Waals surface area contributed by atoms with Crippen LogP contribution in [-0.2, 0) is 6.54 Å². The summed E-state index contributed by atoms with van der Waals surface area (Å²) in [4.78, 5) is 11.7. The summed E-state index contributed by atoms with van der Waals surface area (Å²) in [6.07, 6.45) is 3.46. The van der Waals surface area contributed by atoms with Gasteiger partial charge in [0.25, 0.3) is 0 Å². The third kappa shape index (κ3) is 2.30. The van der Waals surface area contributed by atoms with Crippen molar-refractivity contribution in [2.75, 3.05) is 17.7 Å². The van der Waals surface area contributed by atoms with Crippen LogP contribution in [0.15, 0.2) is 24.0 Å². The van der Waals surface area contributed by atoms with Gasteiger partial charge in [0, 0.05) is 18.1 Å². The maximum Gasteiger partial charge on any atom is 0.0798 e. The zero-order valence-corrected chi connectivity index (χ0v) is 10.2. The normalized spacial score (nSPS) is 10.4. The summed E-state index contributed by atoms with van der Waals surface area (Å²) >= 11 is 1.67. The quantitative estimate of drug-likeness (QED) is 0.883. The number of hydrogen-bond donors (Lipinski definition) is 1. The van der Waals surface area contributed by atoms with Gasteiger partial charge in [-0.3, -0.25) is 4.98 Å². The number of nitrogens with two attached hydrogens (primary N) is 1. The van der Waals surface area contributed by atoms with Gasteiger partial charge < -0.3 is 10.6 Å². The number of anilines is 2. The zero-order chi connectivity index (χ0) is 11.5. The Kier molecular flexibility index (Phi) is 3.05. The van der Waals surface area contributed by atoms with E-state index in [0.717, 1.165) is 17.9 Å². The Balaban J connectivity index is 2.14. The van der Waals surface area contributed by atoms with Crippen LogP contribution >= 0.6 is 11.3 Å². The van der Waals surface area contributed by atoms with E-state index in [9.17, 15) is 0 Å². The average molecular weight is 234 g/mol. The highest BCUT2D eigenvalue weighted by molar-refractivity contribution is 7.09. The second-order valence-electron chi connectivity index (χ2n) is 3.69. The number of rotatable bonds is 3. The van der Waals surface area contributed by atoms with Gasteiger partial charge in [0.15, 0.2) is 0 Å². The molecule has 0 saturated heterocycles. The fourth-order valence-corrected chi connectivity index (χ4v) is 2.27. The molecule has 2 rings (SSSR count). The lowest BCUT2D eigenvalue weighted by Crippen LogP contribution is -2.16. The van der Waals surface area contributed by atoms with Crippen LogP contribution in [-0.4, -0.2) is 17.0 Å². The molecule has 84 valence electrons. The molecule has 0 aliphatic heterocycles. The van der Waals surface area contributed by atoms with E-state index in [-0.39, 0.29) is 0 Å². The number of aryl methyl sites for hydroxylation is 1. The molecular formula is C11H14N4S. The van der Waals surface area contributed by atoms with Gasteiger partial charge in [-0.05, 0) is 13.0 Å². The number of thiazole rings is 1. The number of hydrogen-bond acceptors (Lipinski definition) is 5. The molecule has 2 aromatic rings. The van der Waals surface area contributed by atoms with Gasteiger partial charge in [-0.15, -0.1) is 11.3 Å². The molecule has 0 aliphatic carbocycles. The van der Waals surface area contributed by atoms with Crippen LogP contribution in [0.5, 0.6) is 0 Å². The van der Waals surface area contributed by atoms with Crippen LogP contribution in [0.25, 0.3) is 0 Å². The minimum absolute atomic E-state index is 0.686. The number of nitrogen functional groups attached to an aromatic ring is 1. The Hall–Kier alpha value is -1.62. The highest BCUT2D eigenvalue weighted by Gasteiger charge is 2.06. The van der Waals surface area contributed by atoms with E-state index in [1.807, 2.05) is 31.7 Å². The summed E-state index contributed by atoms with van der Waals surface area (Å²) in [5.74, 6) is 0. The summed E-state index contributed by atoms with van der Waals surface area (Å²) in [5, 5.41) is 0. The second kappa shape index (κ2) is 4.49. The Morgan fingerprint density at radius 1 is 1.44 bits per heavy atom. The molecule has 0 saturated carbocycles. The van der Waals surface area contributed by atoms with Crippen LogP contribution in [0.2, 0.25) is 0 Å². The lowest BCUT2D eigenvalue weighted by molar-refractivity contribution is 0.921. The maximum absolute atomic E-state index is 5.70. The minimum atomic E-state index is 0.686. The average Bonchev–Trinajstić information content (AvgIpc) is 2.64. The van der Waals surface area contributed by atoms with Gasteiger partial charge >= 0.3 is 0 Å². The minimum Gasteiger partial charge on any atom is -0.397 e. The molecule has 2 N–H and O–H groups in total. The third-order valence-corrected chi connectivity index (χ3v) is 3.33. The molecule has 0 amide bonds. The standard InChI is InChI=1S/C11H14N4S/c1-8-11(16-7-14-8)6-15(2)10-3-9(12)4-13-5-10/h3-5,7H,6,12H2,1-2H3. The van der Waals surface area contributed by atoms with Crippen molar-refractivity contribution in [3.63, 3.8) is 0 Å². The van der Waals surface area contributed by atoms with Crippen LogP contribution in [0, 0.1) is 6.92 Å². The predicted molar refractivity (Wildman–Crippen MR) is 67.6 cm³/mol. The Morgan fingerprint density at radius 2 is 2.25 bits per heavy atom. The molecule has 16 heavy (non-hydrogen) atoms. The van der Waals surface area contributed by atoms with Gasteiger partial charge in [0.05, 0.1) is 35.3 Å². The SMILES string of the molecule is Cc1ncsc1CN(C)c1cncc(N)c1. The molecule has 0 aromatic carbocycles. The summed E-state index contributed by atoms with van der Waals surface area (Å²) in [6.45, 7) is 2.86. The van der Waals surface area contributed by atoms with Crippen LogP contribution in [0.1, 0.15) is 10.6 Å². The van der Waals surface area contributed by atoms with Crippen molar-refractivity contribution in [2.24, 2.45) is 0 Å². The van der Waals surface area contributed by atoms with E-state index in [0.29, 0.717) is 5.69 Å². The first-order chi connectivity index (χ1) is 7.66. The molecule has 0 radical (unpaired) electrons. The molecule has 2 heterocycles. The molecule has 5 heteroatoms. The lowest BCUT2D eigenvalue weighted by atomic mass is 10.3. The fourth-order valence-electron chi connectivity index (χ4n) is 1.44. The zero-order valence-electron chi connectivity index (χ0n) is 9.34. The lowest BCUT2D eigenvalue weighted by Gasteiger charge is -2.18. The molecule has 0 atom stereocenters. The molecular weight excluding hydrogens is 220 g/mol. The molecule has 2 aromatic heterocycles. The Bertz CT molecular complexity index is 480. The third-order valence-electron chi connectivity index (χ3n) is 2.41. The smallest absolute Gasteiger partial charge is 0.0798 e. The predicted octanol–water partition coefficient (Wildman–Crippen LogP) is 2.07. The van der Waals surface area contributed by atoms with E-state index >= 15 is 0 Å². The van der Waals surface area contributed by atoms with Gasteiger partial charge in [-0.1, -0.05) is 0 Å². The van der Waals surface area contributed by atoms with E-state index in [1.54, 1.807) is 17.5 Å². The summed E-state index contributed by atoms with van der Waals surface area (Å²) in [7, 11) is 2.02. The van der Waals surface area contributed by atoms with Crippen molar-refractivity contribution in [3.8, 4) is 0 Å². The molecule has 0 unspecified atom stereocenters. The molecule has 0 fully saturated rings. The van der Waals surface area contributed by atoms with Crippen LogP contribution in [0.4, 0.5) is 11.4 Å². The highest BCUT2D eigenvalue weighted by Crippen LogP contribution is 2.20. The first-order valence-electron chi connectivity index (χ1n) is 4.97. The van der Waals surface area contributed by atoms with Crippen molar-refractivity contribution in [3.05, 3.63) is 34.5 Å². The van der Waals surface area contributed by atoms with Gasteiger partial charge in [-0.2, -0.15) is 0 Å². The second-order valence-corrected chi connectivity index (χ2v) is 4.63. The van der Waals surface area contributed by atoms with Crippen LogP contribution in [0.3, 0.4) is 0 Å². The summed E-state index contributed by atoms with van der Waals surface area (Å²) in [5.41, 5.74) is 10.4. The first-order valence-corrected chi connectivity index (χ1v) is 5.85. The Morgan fingerprint density at radius 3 is 2.88 bits per heavy atom. The fraction of sp³-hybridized carbons (Fsp3) is 0.273. The largest absolute Gasteiger partial charge is 0.397 e. The van der Waals surface area contributed by atoms with E-state index < -0.39 is 0 Å². The van der Waals surface area contributed by atoms with Crippen molar-refractivity contribution in [1.82, 2.24) is 9.97 Å². The van der Waals surface area contributed by atoms with Crippen molar-refractivity contribution in [2.45, 2.75) is 13.5 Å². The molecule has 0 aliphatic rings. The maximum atomic E-state index is 5.70. The summed E-state index contributed by atoms with van der Waals surface area (Å²) < 4.78 is 0. The van der Waals surface area contributed by atoms with E-state index in [1.165, 1.54) is 4.88 Å². The Labute approximate surface area is 98.8 Å². The topological polar surface area (TPSA) is 55.0 Å². The number of aromatic nitrogens is 2. The first kappa shape index (κ1) is 10.9. The summed E-state index contributed by atoms with van der Waals surface area (Å²) in [6, 6.07) is 1.92. The van der Waals surface area contributed by atoms with Crippen molar-refractivity contribution >= 4 is 22.7 Å².